The highest BCUT2D eigenvalue weighted by Gasteiger charge is 2.20. The third-order valence-corrected chi connectivity index (χ3v) is 7.03. The second kappa shape index (κ2) is 9.09. The van der Waals surface area contributed by atoms with Gasteiger partial charge in [-0.1, -0.05) is 29.4 Å². The van der Waals surface area contributed by atoms with Gasteiger partial charge in [-0.05, 0) is 42.8 Å². The maximum absolute atomic E-state index is 12.4. The largest absolute Gasteiger partial charge is 0.397 e. The summed E-state index contributed by atoms with van der Waals surface area (Å²) in [6.07, 6.45) is 3.49. The van der Waals surface area contributed by atoms with Crippen molar-refractivity contribution in [3.05, 3.63) is 59.8 Å². The fourth-order valence-corrected chi connectivity index (χ4v) is 4.95. The summed E-state index contributed by atoms with van der Waals surface area (Å²) < 4.78 is 1.90. The summed E-state index contributed by atoms with van der Waals surface area (Å²) >= 11 is 8.81. The summed E-state index contributed by atoms with van der Waals surface area (Å²) in [6.45, 7) is 6.21. The van der Waals surface area contributed by atoms with Crippen molar-refractivity contribution in [1.29, 1.82) is 0 Å². The summed E-state index contributed by atoms with van der Waals surface area (Å²) in [6, 6.07) is 9.16. The number of rotatable bonds is 7. The number of nitrogen functional groups attached to an aromatic ring is 1. The van der Waals surface area contributed by atoms with Crippen LogP contribution < -0.4 is 11.1 Å². The molecule has 0 aliphatic heterocycles. The van der Waals surface area contributed by atoms with Crippen LogP contribution in [0.25, 0.3) is 20.9 Å². The minimum atomic E-state index is -0.146. The molecule has 0 atom stereocenters. The first-order valence-electron chi connectivity index (χ1n) is 9.34. The number of hydrogen-bond donors (Lipinski definition) is 2. The number of aromatic nitrogens is 4. The lowest BCUT2D eigenvalue weighted by molar-refractivity contribution is -0.113. The average Bonchev–Trinajstić information content (AvgIpc) is 3.30. The highest BCUT2D eigenvalue weighted by atomic mass is 35.5. The number of pyridine rings is 1. The van der Waals surface area contributed by atoms with Gasteiger partial charge in [0.1, 0.15) is 4.83 Å². The van der Waals surface area contributed by atoms with E-state index < -0.39 is 0 Å². The van der Waals surface area contributed by atoms with E-state index in [0.717, 1.165) is 20.7 Å². The zero-order chi connectivity index (χ0) is 22.0. The van der Waals surface area contributed by atoms with Crippen LogP contribution in [0.4, 0.5) is 11.4 Å². The predicted octanol–water partition coefficient (Wildman–Crippen LogP) is 5.02. The second-order valence-electron chi connectivity index (χ2n) is 6.71. The number of aryl methyl sites for hydroxylation is 1. The molecule has 0 aliphatic rings. The lowest BCUT2D eigenvalue weighted by Crippen LogP contribution is -2.14. The Bertz CT molecular complexity index is 1280. The van der Waals surface area contributed by atoms with Gasteiger partial charge in [0.05, 0.1) is 16.3 Å². The van der Waals surface area contributed by atoms with Crippen LogP contribution in [0.3, 0.4) is 0 Å². The minimum Gasteiger partial charge on any atom is -0.397 e. The van der Waals surface area contributed by atoms with E-state index in [1.165, 1.54) is 23.1 Å². The number of nitrogens with one attached hydrogen (secondary N) is 1. The maximum atomic E-state index is 12.4. The smallest absolute Gasteiger partial charge is 0.234 e. The summed E-state index contributed by atoms with van der Waals surface area (Å²) in [5.41, 5.74) is 8.58. The SMILES string of the molecule is C=CCn1c(SCC(=O)Nc2ccc(Cl)c(C)c2)nnc1-c1sc2ncccc2c1N. The van der Waals surface area contributed by atoms with Gasteiger partial charge in [0.15, 0.2) is 11.0 Å². The lowest BCUT2D eigenvalue weighted by atomic mass is 10.2. The number of anilines is 2. The Labute approximate surface area is 192 Å². The third-order valence-electron chi connectivity index (χ3n) is 4.51. The van der Waals surface area contributed by atoms with E-state index in [9.17, 15) is 4.79 Å². The molecule has 0 fully saturated rings. The van der Waals surface area contributed by atoms with Crippen molar-refractivity contribution in [2.75, 3.05) is 16.8 Å². The first-order chi connectivity index (χ1) is 15.0. The van der Waals surface area contributed by atoms with Gasteiger partial charge in [0.2, 0.25) is 5.91 Å². The molecule has 31 heavy (non-hydrogen) atoms. The topological polar surface area (TPSA) is 98.7 Å². The Kier molecular flexibility index (Phi) is 6.26. The van der Waals surface area contributed by atoms with Crippen LogP contribution >= 0.6 is 34.7 Å². The summed E-state index contributed by atoms with van der Waals surface area (Å²) in [5, 5.41) is 13.7. The molecule has 4 rings (SSSR count). The van der Waals surface area contributed by atoms with Gasteiger partial charge >= 0.3 is 0 Å². The van der Waals surface area contributed by atoms with Crippen molar-refractivity contribution < 1.29 is 4.79 Å². The average molecular weight is 471 g/mol. The molecule has 7 nitrogen and oxygen atoms in total. The minimum absolute atomic E-state index is 0.146. The lowest BCUT2D eigenvalue weighted by Gasteiger charge is -2.08. The molecule has 3 heterocycles. The molecule has 0 saturated carbocycles. The molecule has 0 radical (unpaired) electrons. The zero-order valence-corrected chi connectivity index (χ0v) is 19.0. The van der Waals surface area contributed by atoms with Crippen LogP contribution in [-0.2, 0) is 11.3 Å². The molecule has 0 bridgehead atoms. The first kappa shape index (κ1) is 21.4. The molecule has 1 amide bonds. The Morgan fingerprint density at radius 1 is 1.39 bits per heavy atom. The monoisotopic (exact) mass is 470 g/mol. The number of thiophene rings is 1. The summed E-state index contributed by atoms with van der Waals surface area (Å²) in [7, 11) is 0. The van der Waals surface area contributed by atoms with E-state index in [-0.39, 0.29) is 11.7 Å². The Morgan fingerprint density at radius 3 is 2.97 bits per heavy atom. The van der Waals surface area contributed by atoms with Crippen LogP contribution in [-0.4, -0.2) is 31.4 Å². The molecule has 0 unspecified atom stereocenters. The molecule has 158 valence electrons. The number of amides is 1. The molecule has 3 aromatic heterocycles. The van der Waals surface area contributed by atoms with E-state index in [0.29, 0.717) is 33.9 Å². The van der Waals surface area contributed by atoms with E-state index in [1.54, 1.807) is 24.4 Å². The van der Waals surface area contributed by atoms with Crippen LogP contribution in [0, 0.1) is 6.92 Å². The predicted molar refractivity (Wildman–Crippen MR) is 129 cm³/mol. The van der Waals surface area contributed by atoms with Crippen molar-refractivity contribution in [3.63, 3.8) is 0 Å². The van der Waals surface area contributed by atoms with Gasteiger partial charge in [-0.3, -0.25) is 9.36 Å². The second-order valence-corrected chi connectivity index (χ2v) is 9.06. The van der Waals surface area contributed by atoms with Gasteiger partial charge < -0.3 is 11.1 Å². The molecular weight excluding hydrogens is 452 g/mol. The molecule has 0 aliphatic carbocycles. The van der Waals surface area contributed by atoms with Gasteiger partial charge in [0, 0.05) is 28.8 Å². The van der Waals surface area contributed by atoms with Crippen molar-refractivity contribution in [2.24, 2.45) is 0 Å². The van der Waals surface area contributed by atoms with Crippen LogP contribution in [0.15, 0.2) is 54.3 Å². The van der Waals surface area contributed by atoms with Gasteiger partial charge in [-0.2, -0.15) is 0 Å². The van der Waals surface area contributed by atoms with Crippen LogP contribution in [0.1, 0.15) is 5.56 Å². The van der Waals surface area contributed by atoms with Crippen molar-refractivity contribution in [1.82, 2.24) is 19.7 Å². The first-order valence-corrected chi connectivity index (χ1v) is 11.5. The molecule has 4 aromatic rings. The normalized spacial score (nSPS) is 11.0. The fourth-order valence-electron chi connectivity index (χ4n) is 3.02. The van der Waals surface area contributed by atoms with E-state index in [4.69, 9.17) is 17.3 Å². The molecule has 3 N–H and O–H groups in total. The maximum Gasteiger partial charge on any atom is 0.234 e. The number of allylic oxidation sites excluding steroid dienone is 1. The number of carbonyl (C=O) groups is 1. The Balaban J connectivity index is 1.54. The number of carbonyl (C=O) groups excluding carboxylic acids is 1. The number of thioether (sulfide) groups is 1. The number of hydrogen-bond acceptors (Lipinski definition) is 7. The molecular formula is C21H19ClN6OS2. The standard InChI is InChI=1S/C21H19ClN6OS2/c1-3-9-28-19(18-17(23)14-5-4-8-24-20(14)31-18)26-27-21(28)30-11-16(29)25-13-6-7-15(22)12(2)10-13/h3-8,10H,1,9,11,23H2,2H3,(H,25,29). The zero-order valence-electron chi connectivity index (χ0n) is 16.6. The summed E-state index contributed by atoms with van der Waals surface area (Å²) in [5.74, 6) is 0.670. The number of fused-ring (bicyclic) bond motifs is 1. The van der Waals surface area contributed by atoms with Gasteiger partial charge in [-0.25, -0.2) is 4.98 Å². The molecule has 0 saturated heterocycles. The third kappa shape index (κ3) is 4.43. The highest BCUT2D eigenvalue weighted by molar-refractivity contribution is 7.99. The highest BCUT2D eigenvalue weighted by Crippen LogP contribution is 2.39. The number of nitrogens with two attached hydrogens (primary N) is 1. The van der Waals surface area contributed by atoms with Crippen molar-refractivity contribution in [3.8, 4) is 10.7 Å². The number of benzene rings is 1. The van der Waals surface area contributed by atoms with Crippen molar-refractivity contribution >= 4 is 62.2 Å². The Morgan fingerprint density at radius 2 is 2.23 bits per heavy atom. The van der Waals surface area contributed by atoms with E-state index >= 15 is 0 Å². The quantitative estimate of drug-likeness (QED) is 0.291. The van der Waals surface area contributed by atoms with Gasteiger partial charge in [-0.15, -0.1) is 28.1 Å². The van der Waals surface area contributed by atoms with E-state index in [1.807, 2.05) is 29.7 Å². The van der Waals surface area contributed by atoms with Crippen LogP contribution in [0.5, 0.6) is 0 Å². The van der Waals surface area contributed by atoms with Crippen LogP contribution in [0.2, 0.25) is 5.02 Å². The Hall–Kier alpha value is -2.88. The molecule has 0 spiro atoms. The molecule has 10 heteroatoms. The number of halogens is 1. The fraction of sp³-hybridized carbons (Fsp3) is 0.143. The van der Waals surface area contributed by atoms with E-state index in [2.05, 4.69) is 27.1 Å². The number of nitrogens with zero attached hydrogens (tertiary/aromatic N) is 4. The van der Waals surface area contributed by atoms with Crippen molar-refractivity contribution in [2.45, 2.75) is 18.6 Å². The summed E-state index contributed by atoms with van der Waals surface area (Å²) in [4.78, 5) is 18.5. The van der Waals surface area contributed by atoms with Gasteiger partial charge in [0.25, 0.3) is 0 Å². The molecule has 1 aromatic carbocycles.